The van der Waals surface area contributed by atoms with Gasteiger partial charge in [-0.25, -0.2) is 9.07 Å². The minimum atomic E-state index is -4.88. The van der Waals surface area contributed by atoms with Crippen LogP contribution in [0.3, 0.4) is 0 Å². The predicted octanol–water partition coefficient (Wildman–Crippen LogP) is 5.93. The molecule has 0 saturated heterocycles. The van der Waals surface area contributed by atoms with Crippen molar-refractivity contribution in [3.63, 3.8) is 0 Å². The molecule has 1 unspecified atom stereocenters. The van der Waals surface area contributed by atoms with Crippen molar-refractivity contribution in [3.8, 4) is 0 Å². The van der Waals surface area contributed by atoms with Crippen LogP contribution >= 0.6 is 15.9 Å². The SMILES string of the molecule is CC(Nc1cnn(COCC[Si](C)(C)C)c(=O)c1C(F)(F)F)[C@@H]1C[C@H]1Cn1ccc2cc(Br)c(F)cc2c1=O. The Kier molecular flexibility index (Phi) is 8.44. The number of nitrogens with one attached hydrogen (secondary N) is 1. The molecule has 1 N–H and O–H groups in total. The van der Waals surface area contributed by atoms with E-state index in [1.807, 2.05) is 0 Å². The molecule has 1 fully saturated rings. The normalized spacial score (nSPS) is 18.4. The fourth-order valence-corrected chi connectivity index (χ4v) is 5.73. The molecule has 1 saturated carbocycles. The van der Waals surface area contributed by atoms with E-state index in [1.165, 1.54) is 10.6 Å². The third-order valence-electron chi connectivity index (χ3n) is 6.99. The summed E-state index contributed by atoms with van der Waals surface area (Å²) in [5.74, 6) is -0.526. The lowest BCUT2D eigenvalue weighted by Gasteiger charge is -2.20. The average Bonchev–Trinajstić information content (AvgIpc) is 3.59. The molecule has 7 nitrogen and oxygen atoms in total. The number of benzene rings is 1. The Morgan fingerprint density at radius 3 is 2.62 bits per heavy atom. The van der Waals surface area contributed by atoms with Gasteiger partial charge in [0.1, 0.15) is 18.1 Å². The highest BCUT2D eigenvalue weighted by Crippen LogP contribution is 2.44. The summed E-state index contributed by atoms with van der Waals surface area (Å²) in [6, 6.07) is 4.87. The van der Waals surface area contributed by atoms with Crippen molar-refractivity contribution in [1.29, 1.82) is 0 Å². The second-order valence-corrected chi connectivity index (χ2v) is 17.8. The van der Waals surface area contributed by atoms with Gasteiger partial charge in [-0.05, 0) is 70.7 Å². The molecular weight excluding hydrogens is 600 g/mol. The third-order valence-corrected chi connectivity index (χ3v) is 9.30. The third kappa shape index (κ3) is 6.98. The van der Waals surface area contributed by atoms with Crippen LogP contribution < -0.4 is 16.4 Å². The minimum Gasteiger partial charge on any atom is -0.380 e. The fourth-order valence-electron chi connectivity index (χ4n) is 4.61. The zero-order chi connectivity index (χ0) is 28.7. The molecule has 1 aliphatic rings. The molecule has 1 aromatic carbocycles. The van der Waals surface area contributed by atoms with Gasteiger partial charge in [0, 0.05) is 33.5 Å². The highest BCUT2D eigenvalue weighted by molar-refractivity contribution is 9.10. The topological polar surface area (TPSA) is 78.2 Å². The molecule has 13 heteroatoms. The van der Waals surface area contributed by atoms with Crippen LogP contribution in [0.25, 0.3) is 10.8 Å². The molecule has 2 heterocycles. The number of hydrogen-bond acceptors (Lipinski definition) is 5. The maximum absolute atomic E-state index is 14.0. The molecule has 4 rings (SSSR count). The number of hydrogen-bond donors (Lipinski definition) is 1. The van der Waals surface area contributed by atoms with Crippen molar-refractivity contribution >= 4 is 40.5 Å². The number of rotatable bonds is 10. The zero-order valence-electron chi connectivity index (χ0n) is 22.1. The van der Waals surface area contributed by atoms with Crippen LogP contribution in [-0.2, 0) is 24.2 Å². The largest absolute Gasteiger partial charge is 0.423 e. The van der Waals surface area contributed by atoms with Crippen molar-refractivity contribution in [3.05, 3.63) is 67.2 Å². The molecule has 0 radical (unpaired) electrons. The van der Waals surface area contributed by atoms with Gasteiger partial charge in [0.15, 0.2) is 0 Å². The molecule has 212 valence electrons. The van der Waals surface area contributed by atoms with Crippen molar-refractivity contribution in [2.45, 2.75) is 64.5 Å². The van der Waals surface area contributed by atoms with Crippen LogP contribution in [0.2, 0.25) is 25.7 Å². The number of pyridine rings is 1. The summed E-state index contributed by atoms with van der Waals surface area (Å²) in [5.41, 5.74) is -3.28. The van der Waals surface area contributed by atoms with Gasteiger partial charge in [0.2, 0.25) is 0 Å². The van der Waals surface area contributed by atoms with Crippen LogP contribution in [0.1, 0.15) is 18.9 Å². The lowest BCUT2D eigenvalue weighted by Crippen LogP contribution is -2.34. The Morgan fingerprint density at radius 2 is 1.95 bits per heavy atom. The molecule has 0 amide bonds. The summed E-state index contributed by atoms with van der Waals surface area (Å²) < 4.78 is 63.6. The highest BCUT2D eigenvalue weighted by atomic mass is 79.9. The van der Waals surface area contributed by atoms with Gasteiger partial charge in [0.05, 0.1) is 21.7 Å². The van der Waals surface area contributed by atoms with E-state index in [0.29, 0.717) is 29.6 Å². The first kappa shape index (κ1) is 29.5. The average molecular weight is 632 g/mol. The number of nitrogens with zero attached hydrogens (tertiary/aromatic N) is 3. The molecule has 2 aromatic heterocycles. The van der Waals surface area contributed by atoms with E-state index in [9.17, 15) is 27.2 Å². The van der Waals surface area contributed by atoms with Crippen LogP contribution in [0.15, 0.2) is 44.7 Å². The second kappa shape index (κ2) is 11.2. The van der Waals surface area contributed by atoms with Gasteiger partial charge in [-0.3, -0.25) is 9.59 Å². The van der Waals surface area contributed by atoms with Gasteiger partial charge in [-0.15, -0.1) is 0 Å². The van der Waals surface area contributed by atoms with Crippen LogP contribution in [0.4, 0.5) is 23.2 Å². The number of aromatic nitrogens is 3. The molecule has 0 bridgehead atoms. The first-order valence-electron chi connectivity index (χ1n) is 12.7. The number of alkyl halides is 3. The van der Waals surface area contributed by atoms with E-state index in [4.69, 9.17) is 4.74 Å². The number of ether oxygens (including phenoxy) is 1. The van der Waals surface area contributed by atoms with Gasteiger partial charge in [0.25, 0.3) is 11.1 Å². The molecule has 3 atom stereocenters. The minimum absolute atomic E-state index is 0.0253. The number of halogens is 5. The lowest BCUT2D eigenvalue weighted by atomic mass is 10.1. The predicted molar refractivity (Wildman–Crippen MR) is 148 cm³/mol. The van der Waals surface area contributed by atoms with Crippen molar-refractivity contribution in [2.75, 3.05) is 11.9 Å². The van der Waals surface area contributed by atoms with E-state index in [-0.39, 0.29) is 39.7 Å². The van der Waals surface area contributed by atoms with Crippen molar-refractivity contribution in [2.24, 2.45) is 11.8 Å². The van der Waals surface area contributed by atoms with Crippen LogP contribution in [-0.4, -0.2) is 35.1 Å². The number of anilines is 1. The zero-order valence-corrected chi connectivity index (χ0v) is 24.7. The Labute approximate surface area is 232 Å². The van der Waals surface area contributed by atoms with Gasteiger partial charge in [-0.1, -0.05) is 19.6 Å². The highest BCUT2D eigenvalue weighted by Gasteiger charge is 2.43. The summed E-state index contributed by atoms with van der Waals surface area (Å²) in [6.45, 7) is 8.53. The lowest BCUT2D eigenvalue weighted by molar-refractivity contribution is -0.138. The Morgan fingerprint density at radius 1 is 1.23 bits per heavy atom. The second-order valence-electron chi connectivity index (χ2n) is 11.3. The molecular formula is C26H31BrF4N4O3Si. The van der Waals surface area contributed by atoms with E-state index < -0.39 is 37.2 Å². The smallest absolute Gasteiger partial charge is 0.380 e. The van der Waals surface area contributed by atoms with Gasteiger partial charge >= 0.3 is 6.18 Å². The molecule has 39 heavy (non-hydrogen) atoms. The van der Waals surface area contributed by atoms with Crippen molar-refractivity contribution < 1.29 is 22.3 Å². The molecule has 3 aromatic rings. The monoisotopic (exact) mass is 630 g/mol. The van der Waals surface area contributed by atoms with E-state index in [1.54, 1.807) is 25.3 Å². The Bertz CT molecular complexity index is 1490. The fraction of sp³-hybridized carbons (Fsp3) is 0.500. The van der Waals surface area contributed by atoms with E-state index in [2.05, 4.69) is 46.0 Å². The van der Waals surface area contributed by atoms with Crippen LogP contribution in [0.5, 0.6) is 0 Å². The molecule has 1 aliphatic carbocycles. The Balaban J connectivity index is 1.45. The molecule has 0 spiro atoms. The summed E-state index contributed by atoms with van der Waals surface area (Å²) >= 11 is 3.12. The standard InChI is InChI=1S/C26H31BrF4N4O3Si/c1-15(18-9-17(18)13-34-6-5-16-10-20(27)21(28)11-19(16)24(34)36)33-22-12-32-35(14-38-7-8-39(2,3)4)25(37)23(22)26(29,30)31/h5-6,10-12,15,17-18,33H,7-9,13-14H2,1-4H3/t15?,17-,18-/m0/s1. The Hall–Kier alpha value is -2.51. The van der Waals surface area contributed by atoms with Crippen molar-refractivity contribution in [1.82, 2.24) is 14.3 Å². The van der Waals surface area contributed by atoms with E-state index in [0.717, 1.165) is 12.2 Å². The first-order valence-corrected chi connectivity index (χ1v) is 17.2. The summed E-state index contributed by atoms with van der Waals surface area (Å²) in [5, 5.41) is 7.61. The van der Waals surface area contributed by atoms with Gasteiger partial charge < -0.3 is 14.6 Å². The summed E-state index contributed by atoms with van der Waals surface area (Å²) in [7, 11) is -1.39. The summed E-state index contributed by atoms with van der Waals surface area (Å²) in [4.78, 5) is 25.6. The summed E-state index contributed by atoms with van der Waals surface area (Å²) in [6.07, 6.45) is -1.54. The van der Waals surface area contributed by atoms with E-state index >= 15 is 0 Å². The molecule has 0 aliphatic heterocycles. The maximum Gasteiger partial charge on any atom is 0.423 e. The van der Waals surface area contributed by atoms with Crippen LogP contribution in [0, 0.1) is 17.7 Å². The quantitative estimate of drug-likeness (QED) is 0.171. The van der Waals surface area contributed by atoms with Gasteiger partial charge in [-0.2, -0.15) is 18.3 Å². The maximum atomic E-state index is 14.0. The first-order chi connectivity index (χ1) is 18.2. The number of fused-ring (bicyclic) bond motifs is 1.